The molecule has 0 unspecified atom stereocenters. The van der Waals surface area contributed by atoms with Crippen LogP contribution in [0.2, 0.25) is 0 Å². The monoisotopic (exact) mass is 439 g/mol. The van der Waals surface area contributed by atoms with Crippen LogP contribution >= 0.6 is 0 Å². The zero-order valence-corrected chi connectivity index (χ0v) is 17.8. The average molecular weight is 439 g/mol. The highest BCUT2D eigenvalue weighted by Crippen LogP contribution is 2.31. The fourth-order valence-electron chi connectivity index (χ4n) is 4.54. The van der Waals surface area contributed by atoms with Crippen molar-refractivity contribution in [2.24, 2.45) is 0 Å². The molecule has 2 aromatic carbocycles. The van der Waals surface area contributed by atoms with Crippen LogP contribution in [0.25, 0.3) is 0 Å². The molecule has 1 aliphatic heterocycles. The van der Waals surface area contributed by atoms with Crippen molar-refractivity contribution in [3.05, 3.63) is 59.9 Å². The van der Waals surface area contributed by atoms with E-state index in [0.29, 0.717) is 17.0 Å². The van der Waals surface area contributed by atoms with Crippen LogP contribution in [-0.4, -0.2) is 47.9 Å². The molecular formula is C24H26FN3O4. The molecule has 2 fully saturated rings. The van der Waals surface area contributed by atoms with Gasteiger partial charge in [-0.15, -0.1) is 0 Å². The summed E-state index contributed by atoms with van der Waals surface area (Å²) >= 11 is 0. The Morgan fingerprint density at radius 2 is 1.78 bits per heavy atom. The van der Waals surface area contributed by atoms with E-state index in [0.717, 1.165) is 25.7 Å². The van der Waals surface area contributed by atoms with Gasteiger partial charge in [0.15, 0.2) is 0 Å². The van der Waals surface area contributed by atoms with Crippen LogP contribution in [0, 0.1) is 5.82 Å². The van der Waals surface area contributed by atoms with E-state index in [1.807, 2.05) is 0 Å². The van der Waals surface area contributed by atoms with Gasteiger partial charge in [0.25, 0.3) is 5.91 Å². The van der Waals surface area contributed by atoms with Crippen LogP contribution in [0.1, 0.15) is 42.5 Å². The minimum absolute atomic E-state index is 0.137. The number of ether oxygens (including phenoxy) is 1. The first-order chi connectivity index (χ1) is 15.5. The van der Waals surface area contributed by atoms with E-state index in [1.54, 1.807) is 36.3 Å². The summed E-state index contributed by atoms with van der Waals surface area (Å²) in [6.45, 7) is 0. The largest absolute Gasteiger partial charge is 0.497 e. The number of piperazine rings is 1. The summed E-state index contributed by atoms with van der Waals surface area (Å²) in [5, 5.41) is 5.79. The summed E-state index contributed by atoms with van der Waals surface area (Å²) in [4.78, 5) is 40.7. The fourth-order valence-corrected chi connectivity index (χ4v) is 4.54. The molecule has 1 aliphatic carbocycles. The molecule has 2 aromatic rings. The second-order valence-electron chi connectivity index (χ2n) is 8.18. The third-order valence-corrected chi connectivity index (χ3v) is 6.13. The summed E-state index contributed by atoms with van der Waals surface area (Å²) in [7, 11) is 1.56. The second-order valence-corrected chi connectivity index (χ2v) is 8.18. The van der Waals surface area contributed by atoms with E-state index in [1.165, 1.54) is 24.3 Å². The van der Waals surface area contributed by atoms with Crippen molar-refractivity contribution in [2.75, 3.05) is 12.4 Å². The quantitative estimate of drug-likeness (QED) is 0.750. The third-order valence-electron chi connectivity index (χ3n) is 6.13. The van der Waals surface area contributed by atoms with Gasteiger partial charge >= 0.3 is 0 Å². The predicted octanol–water partition coefficient (Wildman–Crippen LogP) is 3.11. The number of hydrogen-bond acceptors (Lipinski definition) is 4. The summed E-state index contributed by atoms with van der Waals surface area (Å²) in [6.07, 6.45) is 3.27. The molecular weight excluding hydrogens is 413 g/mol. The normalized spacial score (nSPS) is 22.5. The van der Waals surface area contributed by atoms with Gasteiger partial charge in [-0.2, -0.15) is 0 Å². The van der Waals surface area contributed by atoms with Crippen molar-refractivity contribution in [3.8, 4) is 5.75 Å². The lowest BCUT2D eigenvalue weighted by molar-refractivity contribution is -0.135. The smallest absolute Gasteiger partial charge is 0.254 e. The van der Waals surface area contributed by atoms with E-state index in [4.69, 9.17) is 4.74 Å². The van der Waals surface area contributed by atoms with E-state index in [2.05, 4.69) is 10.6 Å². The SMILES string of the molecule is COc1ccc(NC(=O)C[C@H]2C(=O)N[C@H]3CCCC[C@@H]3N2C(=O)c2ccc(F)cc2)cc1. The number of fused-ring (bicyclic) bond motifs is 1. The molecule has 0 radical (unpaired) electrons. The van der Waals surface area contributed by atoms with Crippen LogP contribution in [0.3, 0.4) is 0 Å². The molecule has 3 amide bonds. The Balaban J connectivity index is 1.56. The van der Waals surface area contributed by atoms with Gasteiger partial charge in [-0.1, -0.05) is 12.8 Å². The fraction of sp³-hybridized carbons (Fsp3) is 0.375. The topological polar surface area (TPSA) is 87.7 Å². The Morgan fingerprint density at radius 1 is 1.09 bits per heavy atom. The van der Waals surface area contributed by atoms with Crippen LogP contribution in [0.5, 0.6) is 5.75 Å². The van der Waals surface area contributed by atoms with Crippen molar-refractivity contribution in [2.45, 2.75) is 50.2 Å². The van der Waals surface area contributed by atoms with Crippen LogP contribution in [0.15, 0.2) is 48.5 Å². The van der Waals surface area contributed by atoms with Gasteiger partial charge < -0.3 is 20.3 Å². The van der Waals surface area contributed by atoms with Crippen LogP contribution in [0.4, 0.5) is 10.1 Å². The number of nitrogens with zero attached hydrogens (tertiary/aromatic N) is 1. The Morgan fingerprint density at radius 3 is 2.47 bits per heavy atom. The lowest BCUT2D eigenvalue weighted by atomic mass is 9.84. The van der Waals surface area contributed by atoms with Crippen molar-refractivity contribution >= 4 is 23.4 Å². The van der Waals surface area contributed by atoms with Gasteiger partial charge in [-0.25, -0.2) is 4.39 Å². The summed E-state index contributed by atoms with van der Waals surface area (Å²) < 4.78 is 18.5. The number of carbonyl (C=O) groups excluding carboxylic acids is 3. The number of hydrogen-bond donors (Lipinski definition) is 2. The highest BCUT2D eigenvalue weighted by Gasteiger charge is 2.46. The van der Waals surface area contributed by atoms with Gasteiger partial charge in [0.1, 0.15) is 17.6 Å². The van der Waals surface area contributed by atoms with Gasteiger partial charge in [-0.05, 0) is 61.4 Å². The zero-order valence-electron chi connectivity index (χ0n) is 17.8. The first-order valence-electron chi connectivity index (χ1n) is 10.8. The molecule has 0 spiro atoms. The number of carbonyl (C=O) groups is 3. The van der Waals surface area contributed by atoms with Gasteiger partial charge in [-0.3, -0.25) is 14.4 Å². The molecule has 32 heavy (non-hydrogen) atoms. The van der Waals surface area contributed by atoms with Crippen molar-refractivity contribution in [3.63, 3.8) is 0 Å². The average Bonchev–Trinajstić information content (AvgIpc) is 2.80. The molecule has 168 valence electrons. The van der Waals surface area contributed by atoms with Crippen molar-refractivity contribution in [1.82, 2.24) is 10.2 Å². The maximum atomic E-state index is 13.4. The number of nitrogens with one attached hydrogen (secondary N) is 2. The minimum atomic E-state index is -0.940. The summed E-state index contributed by atoms with van der Waals surface area (Å²) in [5.41, 5.74) is 0.866. The second kappa shape index (κ2) is 9.38. The molecule has 7 nitrogen and oxygen atoms in total. The minimum Gasteiger partial charge on any atom is -0.497 e. The molecule has 0 bridgehead atoms. The van der Waals surface area contributed by atoms with E-state index in [9.17, 15) is 18.8 Å². The molecule has 1 saturated carbocycles. The van der Waals surface area contributed by atoms with Gasteiger partial charge in [0.05, 0.1) is 19.6 Å². The summed E-state index contributed by atoms with van der Waals surface area (Å²) in [5.74, 6) is -0.855. The number of halogens is 1. The van der Waals surface area contributed by atoms with E-state index in [-0.39, 0.29) is 36.2 Å². The van der Waals surface area contributed by atoms with Gasteiger partial charge in [0, 0.05) is 17.3 Å². The highest BCUT2D eigenvalue weighted by molar-refractivity contribution is 6.01. The highest BCUT2D eigenvalue weighted by atomic mass is 19.1. The molecule has 3 atom stereocenters. The Labute approximate surface area is 185 Å². The third kappa shape index (κ3) is 4.59. The number of anilines is 1. The number of rotatable bonds is 5. The van der Waals surface area contributed by atoms with Crippen molar-refractivity contribution < 1.29 is 23.5 Å². The molecule has 0 aromatic heterocycles. The molecule has 1 saturated heterocycles. The van der Waals surface area contributed by atoms with Gasteiger partial charge in [0.2, 0.25) is 11.8 Å². The first kappa shape index (κ1) is 21.8. The lowest BCUT2D eigenvalue weighted by Crippen LogP contribution is -2.68. The molecule has 2 aliphatic rings. The standard InChI is InChI=1S/C24H26FN3O4/c1-32-18-12-10-17(11-13-18)26-22(29)14-21-23(30)27-19-4-2-3-5-20(19)28(21)24(31)15-6-8-16(25)9-7-15/h6-13,19-21H,2-5,14H2,1H3,(H,26,29)(H,27,30)/t19-,20-,21-/m0/s1. The first-order valence-corrected chi connectivity index (χ1v) is 10.8. The maximum Gasteiger partial charge on any atom is 0.254 e. The molecule has 4 rings (SSSR count). The maximum absolute atomic E-state index is 13.4. The summed E-state index contributed by atoms with van der Waals surface area (Å²) in [6, 6.07) is 10.9. The van der Waals surface area contributed by atoms with Crippen LogP contribution < -0.4 is 15.4 Å². The molecule has 1 heterocycles. The predicted molar refractivity (Wildman–Crippen MR) is 117 cm³/mol. The zero-order chi connectivity index (χ0) is 22.7. The van der Waals surface area contributed by atoms with E-state index < -0.39 is 11.9 Å². The Bertz CT molecular complexity index is 993. The lowest BCUT2D eigenvalue weighted by Gasteiger charge is -2.48. The Hall–Kier alpha value is -3.42. The number of methoxy groups -OCH3 is 1. The van der Waals surface area contributed by atoms with Crippen molar-refractivity contribution in [1.29, 1.82) is 0 Å². The van der Waals surface area contributed by atoms with E-state index >= 15 is 0 Å². The van der Waals surface area contributed by atoms with Crippen LogP contribution in [-0.2, 0) is 9.59 Å². The molecule has 2 N–H and O–H groups in total. The number of amides is 3. The Kier molecular flexibility index (Phi) is 6.39. The number of benzene rings is 2. The molecule has 8 heteroatoms.